The maximum absolute atomic E-state index is 4.81. The van der Waals surface area contributed by atoms with Gasteiger partial charge in [-0.2, -0.15) is 0 Å². The summed E-state index contributed by atoms with van der Waals surface area (Å²) in [5, 5.41) is 2.29. The van der Waals surface area contributed by atoms with E-state index in [0.717, 1.165) is 27.5 Å². The third-order valence-electron chi connectivity index (χ3n) is 3.20. The van der Waals surface area contributed by atoms with Gasteiger partial charge in [-0.3, -0.25) is 4.98 Å². The van der Waals surface area contributed by atoms with E-state index in [4.69, 9.17) is 4.98 Å². The van der Waals surface area contributed by atoms with Gasteiger partial charge < -0.3 is 0 Å². The minimum atomic E-state index is 0.0606. The fraction of sp³-hybridized carbons (Fsp3) is 0.333. The molecular weight excluding hydrogens is 244 g/mol. The molecule has 1 aromatic carbocycles. The SMILES string of the molecule is CC.CC(C)(C)c1ccc2ccc3cccnc3c2n1. The van der Waals surface area contributed by atoms with Crippen molar-refractivity contribution in [3.8, 4) is 0 Å². The summed E-state index contributed by atoms with van der Waals surface area (Å²) < 4.78 is 0. The van der Waals surface area contributed by atoms with Crippen LogP contribution in [0.1, 0.15) is 40.3 Å². The molecule has 0 unspecified atom stereocenters. The Morgan fingerprint density at radius 1 is 0.800 bits per heavy atom. The Labute approximate surface area is 120 Å². The highest BCUT2D eigenvalue weighted by atomic mass is 14.8. The lowest BCUT2D eigenvalue weighted by Crippen LogP contribution is -2.13. The van der Waals surface area contributed by atoms with Gasteiger partial charge in [0.15, 0.2) is 0 Å². The lowest BCUT2D eigenvalue weighted by Gasteiger charge is -2.18. The minimum absolute atomic E-state index is 0.0606. The second-order valence-electron chi connectivity index (χ2n) is 5.66. The first-order valence-corrected chi connectivity index (χ1v) is 7.21. The molecule has 0 saturated carbocycles. The molecule has 0 amide bonds. The van der Waals surface area contributed by atoms with Crippen molar-refractivity contribution in [3.05, 3.63) is 48.3 Å². The topological polar surface area (TPSA) is 25.8 Å². The molecule has 0 saturated heterocycles. The molecule has 0 N–H and O–H groups in total. The van der Waals surface area contributed by atoms with Crippen LogP contribution in [0.2, 0.25) is 0 Å². The number of aromatic nitrogens is 2. The molecule has 0 aliphatic rings. The second kappa shape index (κ2) is 5.58. The molecule has 20 heavy (non-hydrogen) atoms. The summed E-state index contributed by atoms with van der Waals surface area (Å²) in [6.07, 6.45) is 1.83. The molecule has 0 atom stereocenters. The van der Waals surface area contributed by atoms with Crippen molar-refractivity contribution in [2.75, 3.05) is 0 Å². The molecule has 2 aromatic heterocycles. The van der Waals surface area contributed by atoms with Gasteiger partial charge >= 0.3 is 0 Å². The highest BCUT2D eigenvalue weighted by Gasteiger charge is 2.16. The Kier molecular flexibility index (Phi) is 4.03. The maximum Gasteiger partial charge on any atom is 0.0968 e. The zero-order valence-corrected chi connectivity index (χ0v) is 12.9. The van der Waals surface area contributed by atoms with Gasteiger partial charge in [0.1, 0.15) is 0 Å². The molecule has 104 valence electrons. The molecule has 0 spiro atoms. The molecule has 0 radical (unpaired) electrons. The molecule has 2 nitrogen and oxygen atoms in total. The van der Waals surface area contributed by atoms with Gasteiger partial charge in [0.2, 0.25) is 0 Å². The van der Waals surface area contributed by atoms with E-state index < -0.39 is 0 Å². The van der Waals surface area contributed by atoms with E-state index in [1.807, 2.05) is 26.1 Å². The maximum atomic E-state index is 4.81. The number of hydrogen-bond acceptors (Lipinski definition) is 2. The van der Waals surface area contributed by atoms with Gasteiger partial charge in [-0.25, -0.2) is 4.98 Å². The second-order valence-corrected chi connectivity index (χ2v) is 5.66. The van der Waals surface area contributed by atoms with Crippen molar-refractivity contribution in [3.63, 3.8) is 0 Å². The molecule has 3 aromatic rings. The minimum Gasteiger partial charge on any atom is -0.254 e. The average Bonchev–Trinajstić information content (AvgIpc) is 2.48. The summed E-state index contributed by atoms with van der Waals surface area (Å²) in [5.74, 6) is 0. The molecule has 0 bridgehead atoms. The van der Waals surface area contributed by atoms with Crippen LogP contribution in [0.4, 0.5) is 0 Å². The van der Waals surface area contributed by atoms with Gasteiger partial charge in [-0.15, -0.1) is 0 Å². The number of rotatable bonds is 0. The molecular formula is C18H22N2. The number of nitrogens with zero attached hydrogens (tertiary/aromatic N) is 2. The van der Waals surface area contributed by atoms with Gasteiger partial charge in [-0.1, -0.05) is 58.9 Å². The van der Waals surface area contributed by atoms with E-state index in [9.17, 15) is 0 Å². The quantitative estimate of drug-likeness (QED) is 0.529. The Bertz CT molecular complexity index is 724. The molecule has 2 heteroatoms. The van der Waals surface area contributed by atoms with Crippen LogP contribution in [-0.2, 0) is 5.41 Å². The standard InChI is InChI=1S/C16H16N2.C2H6/c1-16(2,3)13-9-8-12-7-6-11-5-4-10-17-14(11)15(12)18-13;1-2/h4-10H,1-3H3;1-2H3. The summed E-state index contributed by atoms with van der Waals surface area (Å²) in [7, 11) is 0. The predicted molar refractivity (Wildman–Crippen MR) is 87.1 cm³/mol. The number of benzene rings is 1. The monoisotopic (exact) mass is 266 g/mol. The molecule has 0 aliphatic heterocycles. The summed E-state index contributed by atoms with van der Waals surface area (Å²) >= 11 is 0. The smallest absolute Gasteiger partial charge is 0.0968 e. The van der Waals surface area contributed by atoms with E-state index in [2.05, 4.69) is 56.1 Å². The van der Waals surface area contributed by atoms with E-state index in [1.54, 1.807) is 0 Å². The first-order chi connectivity index (χ1) is 9.55. The van der Waals surface area contributed by atoms with Crippen molar-refractivity contribution >= 4 is 21.8 Å². The average molecular weight is 266 g/mol. The van der Waals surface area contributed by atoms with Crippen molar-refractivity contribution in [2.24, 2.45) is 0 Å². The van der Waals surface area contributed by atoms with Gasteiger partial charge in [0.25, 0.3) is 0 Å². The van der Waals surface area contributed by atoms with Gasteiger partial charge in [0.05, 0.1) is 11.0 Å². The molecule has 0 aliphatic carbocycles. The fourth-order valence-corrected chi connectivity index (χ4v) is 2.14. The Hall–Kier alpha value is -1.96. The van der Waals surface area contributed by atoms with E-state index in [-0.39, 0.29) is 5.41 Å². The summed E-state index contributed by atoms with van der Waals surface area (Å²) in [6, 6.07) is 12.5. The lowest BCUT2D eigenvalue weighted by atomic mass is 9.91. The van der Waals surface area contributed by atoms with Crippen molar-refractivity contribution in [1.82, 2.24) is 9.97 Å². The Balaban J connectivity index is 0.000000704. The molecule has 2 heterocycles. The van der Waals surface area contributed by atoms with Crippen LogP contribution in [0.3, 0.4) is 0 Å². The summed E-state index contributed by atoms with van der Waals surface area (Å²) in [6.45, 7) is 10.5. The first kappa shape index (κ1) is 14.4. The summed E-state index contributed by atoms with van der Waals surface area (Å²) in [4.78, 5) is 9.28. The van der Waals surface area contributed by atoms with Crippen LogP contribution in [0.5, 0.6) is 0 Å². The third-order valence-corrected chi connectivity index (χ3v) is 3.20. The zero-order valence-electron chi connectivity index (χ0n) is 12.9. The van der Waals surface area contributed by atoms with E-state index in [0.29, 0.717) is 0 Å². The van der Waals surface area contributed by atoms with Crippen molar-refractivity contribution < 1.29 is 0 Å². The number of pyridine rings is 2. The van der Waals surface area contributed by atoms with E-state index in [1.165, 1.54) is 0 Å². The normalized spacial score (nSPS) is 11.2. The molecule has 0 fully saturated rings. The molecule has 3 rings (SSSR count). The first-order valence-electron chi connectivity index (χ1n) is 7.21. The fourth-order valence-electron chi connectivity index (χ4n) is 2.14. The van der Waals surface area contributed by atoms with Crippen molar-refractivity contribution in [2.45, 2.75) is 40.0 Å². The van der Waals surface area contributed by atoms with Crippen LogP contribution >= 0.6 is 0 Å². The van der Waals surface area contributed by atoms with Crippen LogP contribution in [0.25, 0.3) is 21.8 Å². The largest absolute Gasteiger partial charge is 0.254 e. The van der Waals surface area contributed by atoms with Crippen molar-refractivity contribution in [1.29, 1.82) is 0 Å². The van der Waals surface area contributed by atoms with Crippen LogP contribution in [0, 0.1) is 0 Å². The van der Waals surface area contributed by atoms with Gasteiger partial charge in [-0.05, 0) is 12.1 Å². The predicted octanol–water partition coefficient (Wildman–Crippen LogP) is 5.11. The Morgan fingerprint density at radius 2 is 1.40 bits per heavy atom. The Morgan fingerprint density at radius 3 is 2.05 bits per heavy atom. The van der Waals surface area contributed by atoms with Crippen LogP contribution in [-0.4, -0.2) is 9.97 Å². The summed E-state index contributed by atoms with van der Waals surface area (Å²) in [5.41, 5.74) is 3.15. The highest BCUT2D eigenvalue weighted by molar-refractivity contribution is 6.02. The zero-order chi connectivity index (χ0) is 14.8. The highest BCUT2D eigenvalue weighted by Crippen LogP contribution is 2.26. The number of fused-ring (bicyclic) bond motifs is 3. The van der Waals surface area contributed by atoms with Crippen LogP contribution in [0.15, 0.2) is 42.6 Å². The third kappa shape index (κ3) is 2.64. The lowest BCUT2D eigenvalue weighted by molar-refractivity contribution is 0.571. The van der Waals surface area contributed by atoms with Crippen LogP contribution < -0.4 is 0 Å². The van der Waals surface area contributed by atoms with E-state index >= 15 is 0 Å². The van der Waals surface area contributed by atoms with Gasteiger partial charge in [0, 0.05) is 28.1 Å². The number of hydrogen-bond donors (Lipinski definition) is 0.